The second-order valence-corrected chi connectivity index (χ2v) is 4.17. The van der Waals surface area contributed by atoms with Crippen molar-refractivity contribution in [1.82, 2.24) is 15.3 Å². The van der Waals surface area contributed by atoms with Crippen molar-refractivity contribution in [3.05, 3.63) is 46.2 Å². The van der Waals surface area contributed by atoms with Gasteiger partial charge in [-0.05, 0) is 6.07 Å². The summed E-state index contributed by atoms with van der Waals surface area (Å²) in [6.45, 7) is 1.42. The maximum absolute atomic E-state index is 8.85. The highest BCUT2D eigenvalue weighted by molar-refractivity contribution is 7.09. The minimum atomic E-state index is 0.485. The van der Waals surface area contributed by atoms with Crippen LogP contribution < -0.4 is 5.32 Å². The van der Waals surface area contributed by atoms with E-state index in [1.165, 1.54) is 4.88 Å². The highest BCUT2D eigenvalue weighted by atomic mass is 32.1. The fourth-order valence-corrected chi connectivity index (χ4v) is 1.90. The van der Waals surface area contributed by atoms with Crippen molar-refractivity contribution < 1.29 is 0 Å². The zero-order valence-corrected chi connectivity index (χ0v) is 9.37. The first-order valence-electron chi connectivity index (χ1n) is 4.82. The van der Waals surface area contributed by atoms with E-state index in [2.05, 4.69) is 21.4 Å². The lowest BCUT2D eigenvalue weighted by molar-refractivity contribution is 0.696. The van der Waals surface area contributed by atoms with Gasteiger partial charge in [-0.15, -0.1) is 11.3 Å². The van der Waals surface area contributed by atoms with E-state index in [-0.39, 0.29) is 0 Å². The van der Waals surface area contributed by atoms with Crippen molar-refractivity contribution in [3.8, 4) is 6.07 Å². The third-order valence-corrected chi connectivity index (χ3v) is 2.87. The second kappa shape index (κ2) is 5.35. The maximum atomic E-state index is 8.85. The molecule has 0 bridgehead atoms. The molecule has 1 N–H and O–H groups in total. The summed E-state index contributed by atoms with van der Waals surface area (Å²) in [6, 6.07) is 5.82. The van der Waals surface area contributed by atoms with Crippen molar-refractivity contribution >= 4 is 11.3 Å². The van der Waals surface area contributed by atoms with Crippen LogP contribution in [0.25, 0.3) is 0 Å². The van der Waals surface area contributed by atoms with Gasteiger partial charge in [-0.1, -0.05) is 6.07 Å². The molecule has 5 heteroatoms. The first-order chi connectivity index (χ1) is 7.90. The van der Waals surface area contributed by atoms with Crippen LogP contribution in [-0.2, 0) is 13.1 Å². The highest BCUT2D eigenvalue weighted by Crippen LogP contribution is 2.06. The lowest BCUT2D eigenvalue weighted by Gasteiger charge is -2.03. The van der Waals surface area contributed by atoms with Crippen LogP contribution in [0, 0.1) is 11.3 Å². The lowest BCUT2D eigenvalue weighted by atomic mass is 10.2. The molecule has 0 saturated heterocycles. The summed E-state index contributed by atoms with van der Waals surface area (Å²) in [6.07, 6.45) is 3.47. The predicted molar refractivity (Wildman–Crippen MR) is 61.6 cm³/mol. The molecule has 0 aromatic carbocycles. The average molecular weight is 230 g/mol. The summed E-state index contributed by atoms with van der Waals surface area (Å²) >= 11 is 1.61. The molecule has 4 nitrogen and oxygen atoms in total. The van der Waals surface area contributed by atoms with E-state index in [0.29, 0.717) is 12.2 Å². The summed E-state index contributed by atoms with van der Waals surface area (Å²) in [7, 11) is 0. The Labute approximate surface area is 97.6 Å². The number of nitriles is 1. The van der Waals surface area contributed by atoms with Crippen LogP contribution in [-0.4, -0.2) is 9.97 Å². The van der Waals surface area contributed by atoms with Crippen molar-refractivity contribution in [2.75, 3.05) is 0 Å². The Morgan fingerprint density at radius 3 is 3.12 bits per heavy atom. The number of nitrogens with one attached hydrogen (secondary N) is 1. The van der Waals surface area contributed by atoms with Crippen molar-refractivity contribution in [2.24, 2.45) is 0 Å². The number of rotatable bonds is 4. The number of thiazole rings is 1. The van der Waals surface area contributed by atoms with E-state index in [1.54, 1.807) is 17.5 Å². The first kappa shape index (κ1) is 10.7. The molecule has 0 saturated carbocycles. The van der Waals surface area contributed by atoms with Gasteiger partial charge in [-0.2, -0.15) is 5.26 Å². The molecule has 0 spiro atoms. The van der Waals surface area contributed by atoms with Crippen LogP contribution in [0.4, 0.5) is 0 Å². The summed E-state index contributed by atoms with van der Waals surface area (Å²) in [5.74, 6) is 0. The van der Waals surface area contributed by atoms with Crippen LogP contribution in [0.15, 0.2) is 30.0 Å². The number of hydrogen-bond acceptors (Lipinski definition) is 5. The summed E-state index contributed by atoms with van der Waals surface area (Å²) in [5.41, 5.74) is 3.22. The largest absolute Gasteiger partial charge is 0.308 e. The molecule has 0 unspecified atom stereocenters. The molecule has 0 fully saturated rings. The van der Waals surface area contributed by atoms with Crippen LogP contribution >= 0.6 is 11.3 Å². The van der Waals surface area contributed by atoms with Gasteiger partial charge in [-0.3, -0.25) is 4.98 Å². The minimum Gasteiger partial charge on any atom is -0.308 e. The zero-order valence-electron chi connectivity index (χ0n) is 8.55. The Kier molecular flexibility index (Phi) is 3.59. The molecular formula is C11H10N4S. The molecule has 2 rings (SSSR count). The van der Waals surface area contributed by atoms with Gasteiger partial charge in [0, 0.05) is 35.9 Å². The van der Waals surface area contributed by atoms with E-state index < -0.39 is 0 Å². The van der Waals surface area contributed by atoms with Gasteiger partial charge in [0.2, 0.25) is 0 Å². The molecule has 0 aliphatic carbocycles. The fourth-order valence-electron chi connectivity index (χ4n) is 1.33. The topological polar surface area (TPSA) is 61.6 Å². The van der Waals surface area contributed by atoms with E-state index >= 15 is 0 Å². The number of hydrogen-bond donors (Lipinski definition) is 1. The van der Waals surface area contributed by atoms with Gasteiger partial charge in [0.05, 0.1) is 5.51 Å². The first-order valence-corrected chi connectivity index (χ1v) is 5.70. The molecule has 80 valence electrons. The van der Waals surface area contributed by atoms with E-state index in [0.717, 1.165) is 12.1 Å². The monoisotopic (exact) mass is 230 g/mol. The molecule has 2 aromatic rings. The van der Waals surface area contributed by atoms with Gasteiger partial charge in [0.15, 0.2) is 0 Å². The number of aromatic nitrogens is 2. The smallest absolute Gasteiger partial charge is 0.144 e. The Balaban J connectivity index is 1.93. The molecule has 0 amide bonds. The molecule has 2 heterocycles. The normalized spacial score (nSPS) is 9.94. The predicted octanol–water partition coefficient (Wildman–Crippen LogP) is 1.70. The standard InChI is InChI=1S/C11H10N4S/c12-4-11-9(2-1-3-15-11)5-13-6-10-7-14-8-16-10/h1-3,7-8,13H,5-6H2. The molecular weight excluding hydrogens is 220 g/mol. The lowest BCUT2D eigenvalue weighted by Crippen LogP contribution is -2.13. The fraction of sp³-hybridized carbons (Fsp3) is 0.182. The quantitative estimate of drug-likeness (QED) is 0.868. The maximum Gasteiger partial charge on any atom is 0.144 e. The van der Waals surface area contributed by atoms with Crippen molar-refractivity contribution in [2.45, 2.75) is 13.1 Å². The number of nitrogens with zero attached hydrogens (tertiary/aromatic N) is 3. The Morgan fingerprint density at radius 1 is 1.44 bits per heavy atom. The molecule has 0 aliphatic rings. The van der Waals surface area contributed by atoms with E-state index in [9.17, 15) is 0 Å². The molecule has 0 radical (unpaired) electrons. The minimum absolute atomic E-state index is 0.485. The Hall–Kier alpha value is -1.77. The van der Waals surface area contributed by atoms with Gasteiger partial charge in [-0.25, -0.2) is 4.98 Å². The van der Waals surface area contributed by atoms with Gasteiger partial charge in [0.25, 0.3) is 0 Å². The summed E-state index contributed by atoms with van der Waals surface area (Å²) < 4.78 is 0. The SMILES string of the molecule is N#Cc1ncccc1CNCc1cncs1. The van der Waals surface area contributed by atoms with Gasteiger partial charge in [0.1, 0.15) is 11.8 Å². The van der Waals surface area contributed by atoms with Crippen LogP contribution in [0.3, 0.4) is 0 Å². The van der Waals surface area contributed by atoms with Crippen LogP contribution in [0.2, 0.25) is 0 Å². The molecule has 0 aliphatic heterocycles. The third kappa shape index (κ3) is 2.63. The number of pyridine rings is 1. The van der Waals surface area contributed by atoms with Gasteiger partial charge < -0.3 is 5.32 Å². The Morgan fingerprint density at radius 2 is 2.38 bits per heavy atom. The second-order valence-electron chi connectivity index (χ2n) is 3.19. The Bertz CT molecular complexity index is 487. The van der Waals surface area contributed by atoms with Crippen molar-refractivity contribution in [3.63, 3.8) is 0 Å². The van der Waals surface area contributed by atoms with Crippen molar-refractivity contribution in [1.29, 1.82) is 5.26 Å². The van der Waals surface area contributed by atoms with E-state index in [1.807, 2.05) is 23.8 Å². The van der Waals surface area contributed by atoms with Crippen LogP contribution in [0.5, 0.6) is 0 Å². The molecule has 0 atom stereocenters. The van der Waals surface area contributed by atoms with Gasteiger partial charge >= 0.3 is 0 Å². The highest BCUT2D eigenvalue weighted by Gasteiger charge is 2.01. The van der Waals surface area contributed by atoms with E-state index in [4.69, 9.17) is 5.26 Å². The zero-order chi connectivity index (χ0) is 11.2. The summed E-state index contributed by atoms with van der Waals surface area (Å²) in [5, 5.41) is 12.1. The molecule has 2 aromatic heterocycles. The third-order valence-electron chi connectivity index (χ3n) is 2.10. The average Bonchev–Trinajstić information content (AvgIpc) is 2.83. The van der Waals surface area contributed by atoms with Crippen LogP contribution in [0.1, 0.15) is 16.1 Å². The molecule has 16 heavy (non-hydrogen) atoms. The summed E-state index contributed by atoms with van der Waals surface area (Å²) in [4.78, 5) is 9.18.